The van der Waals surface area contributed by atoms with Crippen LogP contribution < -0.4 is 15.8 Å². The van der Waals surface area contributed by atoms with Crippen molar-refractivity contribution in [3.63, 3.8) is 0 Å². The fourth-order valence-corrected chi connectivity index (χ4v) is 4.54. The van der Waals surface area contributed by atoms with Crippen LogP contribution in [-0.4, -0.2) is 52.8 Å². The molecule has 1 aliphatic rings. The van der Waals surface area contributed by atoms with Crippen LogP contribution >= 0.6 is 11.8 Å². The van der Waals surface area contributed by atoms with E-state index in [0.717, 1.165) is 18.5 Å². The number of hydrogen-bond acceptors (Lipinski definition) is 8. The summed E-state index contributed by atoms with van der Waals surface area (Å²) in [6.07, 6.45) is -2.54. The number of thioether (sulfide) groups is 1. The summed E-state index contributed by atoms with van der Waals surface area (Å²) in [4.78, 5) is 24.1. The molecule has 0 saturated heterocycles. The Balaban J connectivity index is 1.81. The van der Waals surface area contributed by atoms with Crippen LogP contribution in [0.2, 0.25) is 0 Å². The normalized spacial score (nSPS) is 20.6. The molecule has 0 fully saturated rings. The molecule has 0 radical (unpaired) electrons. The van der Waals surface area contributed by atoms with Crippen molar-refractivity contribution in [1.82, 2.24) is 9.97 Å². The molecular weight excluding hydrogens is 485 g/mol. The van der Waals surface area contributed by atoms with Gasteiger partial charge in [-0.2, -0.15) is 13.2 Å². The van der Waals surface area contributed by atoms with Crippen LogP contribution in [0.4, 0.5) is 27.6 Å². The Morgan fingerprint density at radius 2 is 2.03 bits per heavy atom. The SMILES string of the molecule is COC[C@@H]1C[C@@](C)(c2cc(NC(=O)c3cnc(OCC(F)(F)F)cn3)cc(F)c2F)N=C(N)S1. The Morgan fingerprint density at radius 1 is 1.29 bits per heavy atom. The molecular formula is C20H20F5N5O3S. The van der Waals surface area contributed by atoms with Crippen molar-refractivity contribution in [3.8, 4) is 5.88 Å². The summed E-state index contributed by atoms with van der Waals surface area (Å²) >= 11 is 1.26. The number of anilines is 1. The Bertz CT molecular complexity index is 1080. The van der Waals surface area contributed by atoms with E-state index in [9.17, 15) is 26.7 Å². The molecule has 184 valence electrons. The molecule has 0 spiro atoms. The quantitative estimate of drug-likeness (QED) is 0.553. The molecule has 0 unspecified atom stereocenters. The molecule has 14 heteroatoms. The lowest BCUT2D eigenvalue weighted by molar-refractivity contribution is -0.154. The van der Waals surface area contributed by atoms with Gasteiger partial charge in [0.25, 0.3) is 5.91 Å². The van der Waals surface area contributed by atoms with Gasteiger partial charge in [-0.15, -0.1) is 0 Å². The number of carbonyl (C=O) groups excluding carboxylic acids is 1. The minimum Gasteiger partial charge on any atom is -0.467 e. The number of nitrogens with one attached hydrogen (secondary N) is 1. The Hall–Kier alpha value is -3.00. The number of nitrogens with two attached hydrogens (primary N) is 1. The number of carbonyl (C=O) groups is 1. The molecule has 0 aliphatic carbocycles. The van der Waals surface area contributed by atoms with Gasteiger partial charge in [-0.25, -0.2) is 18.7 Å². The van der Waals surface area contributed by atoms with Crippen molar-refractivity contribution in [3.05, 3.63) is 47.4 Å². The van der Waals surface area contributed by atoms with Crippen LogP contribution in [0.25, 0.3) is 0 Å². The van der Waals surface area contributed by atoms with E-state index in [1.807, 2.05) is 0 Å². The minimum absolute atomic E-state index is 0.0883. The number of alkyl halides is 3. The van der Waals surface area contributed by atoms with E-state index in [1.54, 1.807) is 6.92 Å². The number of aliphatic imine (C=N–C) groups is 1. The van der Waals surface area contributed by atoms with Crippen molar-refractivity contribution in [2.45, 2.75) is 30.3 Å². The van der Waals surface area contributed by atoms with Gasteiger partial charge in [-0.3, -0.25) is 9.79 Å². The second-order valence-corrected chi connectivity index (χ2v) is 8.86. The number of ether oxygens (including phenoxy) is 2. The topological polar surface area (TPSA) is 112 Å². The third kappa shape index (κ3) is 6.32. The van der Waals surface area contributed by atoms with E-state index in [-0.39, 0.29) is 27.4 Å². The highest BCUT2D eigenvalue weighted by atomic mass is 32.2. The predicted octanol–water partition coefficient (Wildman–Crippen LogP) is 3.63. The van der Waals surface area contributed by atoms with E-state index in [2.05, 4.69) is 25.0 Å². The maximum atomic E-state index is 14.8. The number of halogens is 5. The van der Waals surface area contributed by atoms with Gasteiger partial charge in [0.1, 0.15) is 5.69 Å². The van der Waals surface area contributed by atoms with Gasteiger partial charge in [0.05, 0.1) is 24.5 Å². The molecule has 8 nitrogen and oxygen atoms in total. The third-order valence-corrected chi connectivity index (χ3v) is 5.70. The maximum Gasteiger partial charge on any atom is 0.422 e. The largest absolute Gasteiger partial charge is 0.467 e. The zero-order valence-corrected chi connectivity index (χ0v) is 18.8. The Labute approximate surface area is 195 Å². The van der Waals surface area contributed by atoms with Gasteiger partial charge >= 0.3 is 6.18 Å². The zero-order chi connectivity index (χ0) is 25.1. The number of nitrogens with zero attached hydrogens (tertiary/aromatic N) is 3. The summed E-state index contributed by atoms with van der Waals surface area (Å²) in [5.74, 6) is -3.64. The molecule has 34 heavy (non-hydrogen) atoms. The molecule has 3 N–H and O–H groups in total. The average molecular weight is 505 g/mol. The highest BCUT2D eigenvalue weighted by Gasteiger charge is 2.38. The van der Waals surface area contributed by atoms with Gasteiger partial charge in [-0.05, 0) is 19.4 Å². The molecule has 2 aromatic rings. The van der Waals surface area contributed by atoms with Gasteiger partial charge in [0, 0.05) is 29.7 Å². The first-order valence-corrected chi connectivity index (χ1v) is 10.6. The van der Waals surface area contributed by atoms with Crippen molar-refractivity contribution in [2.24, 2.45) is 10.7 Å². The monoisotopic (exact) mass is 505 g/mol. The van der Waals surface area contributed by atoms with Crippen LogP contribution in [0.15, 0.2) is 29.5 Å². The first-order chi connectivity index (χ1) is 15.9. The van der Waals surface area contributed by atoms with Crippen molar-refractivity contribution in [1.29, 1.82) is 0 Å². The van der Waals surface area contributed by atoms with Gasteiger partial charge in [0.2, 0.25) is 5.88 Å². The molecule has 2 heterocycles. The van der Waals surface area contributed by atoms with E-state index in [0.29, 0.717) is 13.0 Å². The molecule has 0 bridgehead atoms. The van der Waals surface area contributed by atoms with Gasteiger partial charge in [-0.1, -0.05) is 11.8 Å². The number of hydrogen-bond donors (Lipinski definition) is 2. The molecule has 2 atom stereocenters. The lowest BCUT2D eigenvalue weighted by Gasteiger charge is -2.34. The molecule has 1 aliphatic heterocycles. The smallest absolute Gasteiger partial charge is 0.422 e. The van der Waals surface area contributed by atoms with Gasteiger partial charge in [0.15, 0.2) is 23.4 Å². The molecule has 1 amide bonds. The van der Waals surface area contributed by atoms with Gasteiger partial charge < -0.3 is 20.5 Å². The first kappa shape index (κ1) is 25.6. The summed E-state index contributed by atoms with van der Waals surface area (Å²) in [7, 11) is 1.51. The van der Waals surface area contributed by atoms with Crippen LogP contribution in [0.1, 0.15) is 29.4 Å². The van der Waals surface area contributed by atoms with Crippen LogP contribution in [-0.2, 0) is 10.3 Å². The highest BCUT2D eigenvalue weighted by molar-refractivity contribution is 8.14. The average Bonchev–Trinajstić information content (AvgIpc) is 2.74. The number of methoxy groups -OCH3 is 1. The Morgan fingerprint density at radius 3 is 2.65 bits per heavy atom. The lowest BCUT2D eigenvalue weighted by Crippen LogP contribution is -2.36. The second kappa shape index (κ2) is 10.1. The molecule has 1 aromatic heterocycles. The highest BCUT2D eigenvalue weighted by Crippen LogP contribution is 2.41. The number of rotatable bonds is 7. The van der Waals surface area contributed by atoms with Crippen molar-refractivity contribution >= 4 is 28.5 Å². The third-order valence-electron chi connectivity index (χ3n) is 4.73. The summed E-state index contributed by atoms with van der Waals surface area (Å²) in [5, 5.41) is 2.40. The maximum absolute atomic E-state index is 14.8. The zero-order valence-electron chi connectivity index (χ0n) is 17.9. The van der Waals surface area contributed by atoms with Crippen LogP contribution in [0.5, 0.6) is 5.88 Å². The van der Waals surface area contributed by atoms with Crippen molar-refractivity contribution < 1.29 is 36.2 Å². The predicted molar refractivity (Wildman–Crippen MR) is 115 cm³/mol. The molecule has 0 saturated carbocycles. The molecule has 1 aromatic carbocycles. The Kier molecular flexibility index (Phi) is 7.60. The number of amidine groups is 1. The minimum atomic E-state index is -4.56. The second-order valence-electron chi connectivity index (χ2n) is 7.54. The van der Waals surface area contributed by atoms with E-state index < -0.39 is 41.7 Å². The van der Waals surface area contributed by atoms with E-state index >= 15 is 0 Å². The van der Waals surface area contributed by atoms with Crippen LogP contribution in [0.3, 0.4) is 0 Å². The van der Waals surface area contributed by atoms with E-state index in [4.69, 9.17) is 10.5 Å². The number of benzene rings is 1. The van der Waals surface area contributed by atoms with Crippen molar-refractivity contribution in [2.75, 3.05) is 25.6 Å². The summed E-state index contributed by atoms with van der Waals surface area (Å²) in [6, 6.07) is 2.02. The lowest BCUT2D eigenvalue weighted by atomic mass is 9.86. The number of aromatic nitrogens is 2. The molecule has 3 rings (SSSR count). The fourth-order valence-electron chi connectivity index (χ4n) is 3.33. The fraction of sp³-hybridized carbons (Fsp3) is 0.400. The summed E-state index contributed by atoms with van der Waals surface area (Å²) < 4.78 is 75.4. The summed E-state index contributed by atoms with van der Waals surface area (Å²) in [6.45, 7) is 0.343. The number of amides is 1. The standard InChI is InChI=1S/C20H20F5N5O3S/c1-19(5-11(8-32-2)34-18(26)30-19)12-3-10(4-13(21)16(12)22)29-17(31)14-6-28-15(7-27-14)33-9-20(23,24)25/h3-4,6-7,11H,5,8-9H2,1-2H3,(H2,26,30)(H,29,31)/t11-,19-/m0/s1. The first-order valence-electron chi connectivity index (χ1n) is 9.73. The van der Waals surface area contributed by atoms with Crippen LogP contribution in [0, 0.1) is 11.6 Å². The van der Waals surface area contributed by atoms with E-state index in [1.165, 1.54) is 24.9 Å². The summed E-state index contributed by atoms with van der Waals surface area (Å²) in [5.41, 5.74) is 4.18.